The average molecular weight is 198 g/mol. The van der Waals surface area contributed by atoms with Crippen LogP contribution in [0.15, 0.2) is 18.2 Å². The zero-order valence-corrected chi connectivity index (χ0v) is 8.55. The molecule has 1 aromatic rings. The van der Waals surface area contributed by atoms with Crippen LogP contribution in [0.3, 0.4) is 0 Å². The molecule has 0 heterocycles. The number of aryl methyl sites for hydroxylation is 1. The minimum atomic E-state index is -0.283. The van der Waals surface area contributed by atoms with Gasteiger partial charge in [-0.1, -0.05) is 6.07 Å². The summed E-state index contributed by atoms with van der Waals surface area (Å²) in [5.74, 6) is 1.40. The topological polar surface area (TPSA) is 18.5 Å². The fraction of sp³-hybridized carbons (Fsp3) is 0.455. The van der Waals surface area contributed by atoms with E-state index in [2.05, 4.69) is 0 Å². The molecule has 2 nitrogen and oxygen atoms in total. The summed E-state index contributed by atoms with van der Waals surface area (Å²) < 4.78 is 22.2. The lowest BCUT2D eigenvalue weighted by molar-refractivity contribution is 0.354. The maximum Gasteiger partial charge on any atom is 0.160 e. The fourth-order valence-electron chi connectivity index (χ4n) is 1.31. The molecule has 0 spiro atoms. The molecule has 78 valence electrons. The van der Waals surface area contributed by atoms with E-state index < -0.39 is 0 Å². The van der Waals surface area contributed by atoms with Gasteiger partial charge in [-0.15, -0.1) is 0 Å². The maximum absolute atomic E-state index is 12.0. The third-order valence-electron chi connectivity index (χ3n) is 2.05. The van der Waals surface area contributed by atoms with Crippen LogP contribution in [-0.4, -0.2) is 20.9 Å². The summed E-state index contributed by atoms with van der Waals surface area (Å²) in [6, 6.07) is 5.65. The van der Waals surface area contributed by atoms with Crippen LogP contribution in [0.4, 0.5) is 4.39 Å². The number of hydrogen-bond donors (Lipinski definition) is 0. The van der Waals surface area contributed by atoms with Crippen LogP contribution in [0.2, 0.25) is 0 Å². The van der Waals surface area contributed by atoms with Gasteiger partial charge in [0.2, 0.25) is 0 Å². The highest BCUT2D eigenvalue weighted by Gasteiger charge is 2.03. The van der Waals surface area contributed by atoms with E-state index in [9.17, 15) is 4.39 Å². The monoisotopic (exact) mass is 198 g/mol. The van der Waals surface area contributed by atoms with Crippen molar-refractivity contribution in [1.29, 1.82) is 0 Å². The first-order valence-electron chi connectivity index (χ1n) is 4.58. The molecule has 0 bridgehead atoms. The van der Waals surface area contributed by atoms with E-state index in [0.717, 1.165) is 12.0 Å². The zero-order valence-electron chi connectivity index (χ0n) is 8.55. The molecule has 3 heteroatoms. The van der Waals surface area contributed by atoms with Gasteiger partial charge < -0.3 is 9.47 Å². The summed E-state index contributed by atoms with van der Waals surface area (Å²) >= 11 is 0. The lowest BCUT2D eigenvalue weighted by Crippen LogP contribution is -1.93. The summed E-state index contributed by atoms with van der Waals surface area (Å²) in [5, 5.41) is 0. The normalized spacial score (nSPS) is 9.93. The summed E-state index contributed by atoms with van der Waals surface area (Å²) in [7, 11) is 3.19. The van der Waals surface area contributed by atoms with Crippen LogP contribution in [0.1, 0.15) is 12.0 Å². The first kappa shape index (κ1) is 10.8. The number of halogens is 1. The van der Waals surface area contributed by atoms with Gasteiger partial charge >= 0.3 is 0 Å². The van der Waals surface area contributed by atoms with E-state index >= 15 is 0 Å². The van der Waals surface area contributed by atoms with Gasteiger partial charge in [-0.3, -0.25) is 4.39 Å². The fourth-order valence-corrected chi connectivity index (χ4v) is 1.31. The molecule has 0 fully saturated rings. The molecule has 0 saturated heterocycles. The van der Waals surface area contributed by atoms with Crippen molar-refractivity contribution in [1.82, 2.24) is 0 Å². The van der Waals surface area contributed by atoms with Gasteiger partial charge in [0.15, 0.2) is 11.5 Å². The molecule has 0 radical (unpaired) electrons. The second-order valence-corrected chi connectivity index (χ2v) is 2.98. The smallest absolute Gasteiger partial charge is 0.160 e. The van der Waals surface area contributed by atoms with Gasteiger partial charge in [0.05, 0.1) is 20.9 Å². The van der Waals surface area contributed by atoms with E-state index in [4.69, 9.17) is 9.47 Å². The van der Waals surface area contributed by atoms with Crippen molar-refractivity contribution >= 4 is 0 Å². The Morgan fingerprint density at radius 3 is 2.43 bits per heavy atom. The summed E-state index contributed by atoms with van der Waals surface area (Å²) in [4.78, 5) is 0. The van der Waals surface area contributed by atoms with Crippen LogP contribution < -0.4 is 9.47 Å². The summed E-state index contributed by atoms with van der Waals surface area (Å²) in [5.41, 5.74) is 1.07. The van der Waals surface area contributed by atoms with Crippen LogP contribution >= 0.6 is 0 Å². The predicted molar refractivity (Wildman–Crippen MR) is 53.8 cm³/mol. The molecule has 0 amide bonds. The lowest BCUT2D eigenvalue weighted by atomic mass is 10.1. The molecule has 0 aliphatic rings. The van der Waals surface area contributed by atoms with Gasteiger partial charge in [0.25, 0.3) is 0 Å². The number of hydrogen-bond acceptors (Lipinski definition) is 2. The Labute approximate surface area is 83.6 Å². The Morgan fingerprint density at radius 2 is 1.86 bits per heavy atom. The van der Waals surface area contributed by atoms with Gasteiger partial charge in [-0.05, 0) is 30.5 Å². The molecule has 0 N–H and O–H groups in total. The van der Waals surface area contributed by atoms with Crippen molar-refractivity contribution in [3.05, 3.63) is 23.8 Å². The van der Waals surface area contributed by atoms with E-state index in [-0.39, 0.29) is 6.67 Å². The van der Waals surface area contributed by atoms with Crippen LogP contribution in [0, 0.1) is 0 Å². The average Bonchev–Trinajstić information content (AvgIpc) is 2.25. The summed E-state index contributed by atoms with van der Waals surface area (Å²) in [6.45, 7) is -0.283. The van der Waals surface area contributed by atoms with Crippen molar-refractivity contribution in [3.63, 3.8) is 0 Å². The van der Waals surface area contributed by atoms with Crippen molar-refractivity contribution in [2.45, 2.75) is 12.8 Å². The standard InChI is InChI=1S/C11H15FO2/c1-13-10-6-5-9(4-3-7-12)8-11(10)14-2/h5-6,8H,3-4,7H2,1-2H3. The number of benzene rings is 1. The molecular weight excluding hydrogens is 183 g/mol. The Kier molecular flexibility index (Phi) is 4.23. The predicted octanol–water partition coefficient (Wildman–Crippen LogP) is 2.61. The van der Waals surface area contributed by atoms with Crippen molar-refractivity contribution in [2.75, 3.05) is 20.9 Å². The molecule has 0 aliphatic carbocycles. The molecule has 14 heavy (non-hydrogen) atoms. The number of alkyl halides is 1. The van der Waals surface area contributed by atoms with E-state index in [1.165, 1.54) is 0 Å². The van der Waals surface area contributed by atoms with Crippen LogP contribution in [0.25, 0.3) is 0 Å². The minimum Gasteiger partial charge on any atom is -0.493 e. The van der Waals surface area contributed by atoms with Gasteiger partial charge in [0.1, 0.15) is 0 Å². The lowest BCUT2D eigenvalue weighted by Gasteiger charge is -2.08. The molecule has 0 saturated carbocycles. The number of rotatable bonds is 5. The largest absolute Gasteiger partial charge is 0.493 e. The SMILES string of the molecule is COc1ccc(CCCF)cc1OC. The molecule has 0 atom stereocenters. The first-order chi connectivity index (χ1) is 6.81. The summed E-state index contributed by atoms with van der Waals surface area (Å²) in [6.07, 6.45) is 1.28. The second kappa shape index (κ2) is 5.47. The second-order valence-electron chi connectivity index (χ2n) is 2.98. The van der Waals surface area contributed by atoms with Crippen LogP contribution in [0.5, 0.6) is 11.5 Å². The Bertz CT molecular complexity index is 287. The van der Waals surface area contributed by atoms with Gasteiger partial charge in [-0.25, -0.2) is 0 Å². The van der Waals surface area contributed by atoms with E-state index in [0.29, 0.717) is 17.9 Å². The zero-order chi connectivity index (χ0) is 10.4. The van der Waals surface area contributed by atoms with Crippen molar-refractivity contribution in [2.24, 2.45) is 0 Å². The number of ether oxygens (including phenoxy) is 2. The van der Waals surface area contributed by atoms with Gasteiger partial charge in [-0.2, -0.15) is 0 Å². The first-order valence-corrected chi connectivity index (χ1v) is 4.58. The van der Waals surface area contributed by atoms with Gasteiger partial charge in [0, 0.05) is 0 Å². The highest BCUT2D eigenvalue weighted by atomic mass is 19.1. The van der Waals surface area contributed by atoms with Crippen molar-refractivity contribution < 1.29 is 13.9 Å². The molecule has 0 aromatic heterocycles. The Morgan fingerprint density at radius 1 is 1.14 bits per heavy atom. The quantitative estimate of drug-likeness (QED) is 0.724. The molecule has 0 aliphatic heterocycles. The Hall–Kier alpha value is -1.25. The Balaban J connectivity index is 2.79. The van der Waals surface area contributed by atoms with E-state index in [1.54, 1.807) is 14.2 Å². The number of methoxy groups -OCH3 is 2. The molecule has 1 rings (SSSR count). The molecule has 0 unspecified atom stereocenters. The molecular formula is C11H15FO2. The maximum atomic E-state index is 12.0. The third kappa shape index (κ3) is 2.62. The third-order valence-corrected chi connectivity index (χ3v) is 2.05. The minimum absolute atomic E-state index is 0.283. The molecule has 1 aromatic carbocycles. The highest BCUT2D eigenvalue weighted by Crippen LogP contribution is 2.27. The van der Waals surface area contributed by atoms with E-state index in [1.807, 2.05) is 18.2 Å². The van der Waals surface area contributed by atoms with Crippen molar-refractivity contribution in [3.8, 4) is 11.5 Å². The van der Waals surface area contributed by atoms with Crippen LogP contribution in [-0.2, 0) is 6.42 Å². The highest BCUT2D eigenvalue weighted by molar-refractivity contribution is 5.42.